The average Bonchev–Trinajstić information content (AvgIpc) is 2.58. The lowest BCUT2D eigenvalue weighted by Crippen LogP contribution is -2.23. The van der Waals surface area contributed by atoms with Gasteiger partial charge in [-0.05, 0) is 31.5 Å². The molecule has 1 aromatic carbocycles. The number of hydrogen-bond donors (Lipinski definition) is 2. The normalized spacial score (nSPS) is 10.4. The average molecular weight is 324 g/mol. The van der Waals surface area contributed by atoms with E-state index in [-0.39, 0.29) is 12.5 Å². The van der Waals surface area contributed by atoms with Crippen LogP contribution in [0, 0.1) is 0 Å². The molecule has 23 heavy (non-hydrogen) atoms. The molecule has 0 bridgehead atoms. The number of hydroxylamine groups is 1. The second-order valence-corrected chi connectivity index (χ2v) is 5.30. The van der Waals surface area contributed by atoms with E-state index in [1.165, 1.54) is 0 Å². The number of nitrogens with two attached hydrogens (primary N) is 1. The summed E-state index contributed by atoms with van der Waals surface area (Å²) in [6, 6.07) is 5.45. The van der Waals surface area contributed by atoms with Crippen molar-refractivity contribution in [2.45, 2.75) is 45.1 Å². The summed E-state index contributed by atoms with van der Waals surface area (Å²) in [4.78, 5) is 16.9. The van der Waals surface area contributed by atoms with E-state index in [0.717, 1.165) is 44.2 Å². The summed E-state index contributed by atoms with van der Waals surface area (Å²) in [7, 11) is 3.18. The van der Waals surface area contributed by atoms with Crippen LogP contribution in [-0.4, -0.2) is 26.7 Å². The molecule has 0 spiro atoms. The monoisotopic (exact) mass is 324 g/mol. The number of carbonyl (C=O) groups is 1. The van der Waals surface area contributed by atoms with Gasteiger partial charge >= 0.3 is 0 Å². The van der Waals surface area contributed by atoms with Crippen LogP contribution < -0.4 is 20.7 Å². The minimum Gasteiger partial charge on any atom is -0.497 e. The Morgan fingerprint density at radius 1 is 1.09 bits per heavy atom. The van der Waals surface area contributed by atoms with E-state index in [4.69, 9.17) is 20.0 Å². The largest absolute Gasteiger partial charge is 0.497 e. The van der Waals surface area contributed by atoms with Crippen LogP contribution in [0.5, 0.6) is 11.5 Å². The summed E-state index contributed by atoms with van der Waals surface area (Å²) < 4.78 is 10.4. The summed E-state index contributed by atoms with van der Waals surface area (Å²) in [5, 5.41) is 0. The van der Waals surface area contributed by atoms with Crippen LogP contribution in [0.3, 0.4) is 0 Å². The van der Waals surface area contributed by atoms with Gasteiger partial charge in [0.15, 0.2) is 0 Å². The van der Waals surface area contributed by atoms with E-state index in [1.54, 1.807) is 20.3 Å². The Kier molecular flexibility index (Phi) is 9.83. The maximum Gasteiger partial charge on any atom is 0.243 e. The number of unbranched alkanes of at least 4 members (excludes halogenated alkanes) is 4. The molecule has 0 aliphatic rings. The molecule has 0 atom stereocenters. The number of rotatable bonds is 12. The predicted octanol–water partition coefficient (Wildman–Crippen LogP) is 2.55. The van der Waals surface area contributed by atoms with Crippen LogP contribution in [0.4, 0.5) is 0 Å². The Balaban J connectivity index is 2.22. The summed E-state index contributed by atoms with van der Waals surface area (Å²) in [6.07, 6.45) is 5.69. The summed E-state index contributed by atoms with van der Waals surface area (Å²) in [5.74, 6) is 1.28. The summed E-state index contributed by atoms with van der Waals surface area (Å²) >= 11 is 0. The zero-order chi connectivity index (χ0) is 16.9. The van der Waals surface area contributed by atoms with Crippen molar-refractivity contribution in [3.8, 4) is 11.5 Å². The van der Waals surface area contributed by atoms with Crippen molar-refractivity contribution in [1.29, 1.82) is 0 Å². The second kappa shape index (κ2) is 11.7. The molecule has 1 amide bonds. The van der Waals surface area contributed by atoms with Crippen molar-refractivity contribution in [3.63, 3.8) is 0 Å². The molecule has 0 saturated heterocycles. The molecule has 1 aromatic rings. The van der Waals surface area contributed by atoms with Gasteiger partial charge in [-0.25, -0.2) is 5.48 Å². The van der Waals surface area contributed by atoms with Crippen LogP contribution in [-0.2, 0) is 16.2 Å². The van der Waals surface area contributed by atoms with Crippen molar-refractivity contribution in [2.75, 3.05) is 20.8 Å². The number of hydrogen-bond acceptors (Lipinski definition) is 5. The van der Waals surface area contributed by atoms with Crippen molar-refractivity contribution in [3.05, 3.63) is 23.8 Å². The first-order valence-electron chi connectivity index (χ1n) is 8.03. The van der Waals surface area contributed by atoms with E-state index in [1.807, 2.05) is 12.1 Å². The molecular formula is C17H28N2O4. The Hall–Kier alpha value is -1.79. The molecule has 0 unspecified atom stereocenters. The lowest BCUT2D eigenvalue weighted by atomic mass is 10.1. The van der Waals surface area contributed by atoms with Gasteiger partial charge in [-0.3, -0.25) is 9.63 Å². The van der Waals surface area contributed by atoms with Gasteiger partial charge in [-0.2, -0.15) is 0 Å². The topological polar surface area (TPSA) is 82.8 Å². The van der Waals surface area contributed by atoms with Crippen LogP contribution in [0.15, 0.2) is 18.2 Å². The van der Waals surface area contributed by atoms with Crippen molar-refractivity contribution in [2.24, 2.45) is 5.73 Å². The van der Waals surface area contributed by atoms with E-state index in [0.29, 0.717) is 17.9 Å². The smallest absolute Gasteiger partial charge is 0.243 e. The van der Waals surface area contributed by atoms with E-state index in [2.05, 4.69) is 5.48 Å². The third-order valence-corrected chi connectivity index (χ3v) is 3.52. The fraction of sp³-hybridized carbons (Fsp3) is 0.588. The minimum atomic E-state index is -0.101. The standard InChI is InChI=1S/C17H28N2O4/c1-21-15-10-9-14(16(12-15)22-2)13-23-19-17(20)8-6-4-3-5-7-11-18/h9-10,12H,3-8,11,13,18H2,1-2H3,(H,19,20). The molecule has 0 aromatic heterocycles. The number of benzene rings is 1. The Bertz CT molecular complexity index is 466. The molecule has 0 saturated carbocycles. The van der Waals surface area contributed by atoms with Gasteiger partial charge in [0, 0.05) is 18.1 Å². The molecule has 130 valence electrons. The van der Waals surface area contributed by atoms with Gasteiger partial charge in [-0.1, -0.05) is 19.3 Å². The predicted molar refractivity (Wildman–Crippen MR) is 89.2 cm³/mol. The first-order chi connectivity index (χ1) is 11.2. The van der Waals surface area contributed by atoms with Crippen LogP contribution >= 0.6 is 0 Å². The molecule has 3 N–H and O–H groups in total. The Labute approximate surface area is 138 Å². The highest BCUT2D eigenvalue weighted by molar-refractivity contribution is 5.74. The maximum atomic E-state index is 11.7. The Morgan fingerprint density at radius 3 is 2.52 bits per heavy atom. The van der Waals surface area contributed by atoms with Crippen LogP contribution in [0.1, 0.15) is 44.1 Å². The van der Waals surface area contributed by atoms with Gasteiger partial charge in [0.25, 0.3) is 0 Å². The van der Waals surface area contributed by atoms with E-state index < -0.39 is 0 Å². The van der Waals surface area contributed by atoms with Crippen LogP contribution in [0.2, 0.25) is 0 Å². The Morgan fingerprint density at radius 2 is 1.83 bits per heavy atom. The quantitative estimate of drug-likeness (QED) is 0.456. The third-order valence-electron chi connectivity index (χ3n) is 3.52. The third kappa shape index (κ3) is 7.85. The fourth-order valence-electron chi connectivity index (χ4n) is 2.18. The van der Waals surface area contributed by atoms with E-state index >= 15 is 0 Å². The molecule has 0 radical (unpaired) electrons. The van der Waals surface area contributed by atoms with Crippen molar-refractivity contribution >= 4 is 5.91 Å². The van der Waals surface area contributed by atoms with Gasteiger partial charge < -0.3 is 15.2 Å². The molecule has 0 aliphatic carbocycles. The van der Waals surface area contributed by atoms with Crippen molar-refractivity contribution < 1.29 is 19.1 Å². The number of amides is 1. The molecule has 6 heteroatoms. The van der Waals surface area contributed by atoms with Gasteiger partial charge in [-0.15, -0.1) is 0 Å². The molecule has 1 rings (SSSR count). The van der Waals surface area contributed by atoms with Crippen LogP contribution in [0.25, 0.3) is 0 Å². The highest BCUT2D eigenvalue weighted by Crippen LogP contribution is 2.24. The highest BCUT2D eigenvalue weighted by atomic mass is 16.7. The molecule has 0 heterocycles. The number of carbonyl (C=O) groups excluding carboxylic acids is 1. The number of nitrogens with one attached hydrogen (secondary N) is 1. The molecule has 0 fully saturated rings. The number of ether oxygens (including phenoxy) is 2. The van der Waals surface area contributed by atoms with E-state index in [9.17, 15) is 4.79 Å². The zero-order valence-electron chi connectivity index (χ0n) is 14.1. The molecule has 0 aliphatic heterocycles. The lowest BCUT2D eigenvalue weighted by Gasteiger charge is -2.11. The highest BCUT2D eigenvalue weighted by Gasteiger charge is 2.07. The first-order valence-corrected chi connectivity index (χ1v) is 8.03. The number of methoxy groups -OCH3 is 2. The second-order valence-electron chi connectivity index (χ2n) is 5.30. The maximum absolute atomic E-state index is 11.7. The molecule has 6 nitrogen and oxygen atoms in total. The lowest BCUT2D eigenvalue weighted by molar-refractivity contribution is -0.134. The SMILES string of the molecule is COc1ccc(CONC(=O)CCCCCCCN)c(OC)c1. The van der Waals surface area contributed by atoms with Gasteiger partial charge in [0.05, 0.1) is 14.2 Å². The minimum absolute atomic E-state index is 0.101. The van der Waals surface area contributed by atoms with Crippen molar-refractivity contribution in [1.82, 2.24) is 5.48 Å². The summed E-state index contributed by atoms with van der Waals surface area (Å²) in [5.41, 5.74) is 8.74. The zero-order valence-corrected chi connectivity index (χ0v) is 14.1. The van der Waals surface area contributed by atoms with Gasteiger partial charge in [0.1, 0.15) is 18.1 Å². The van der Waals surface area contributed by atoms with Gasteiger partial charge in [0.2, 0.25) is 5.91 Å². The first kappa shape index (κ1) is 19.3. The fourth-order valence-corrected chi connectivity index (χ4v) is 2.18. The molecular weight excluding hydrogens is 296 g/mol. The summed E-state index contributed by atoms with van der Waals surface area (Å²) in [6.45, 7) is 0.985.